The van der Waals surface area contributed by atoms with E-state index in [4.69, 9.17) is 4.42 Å². The van der Waals surface area contributed by atoms with E-state index < -0.39 is 8.07 Å². The van der Waals surface area contributed by atoms with Gasteiger partial charge in [-0.1, -0.05) is 164 Å². The van der Waals surface area contributed by atoms with Gasteiger partial charge in [-0.05, 0) is 85.4 Å². The molecular weight excluding hydrogens is 659 g/mol. The highest BCUT2D eigenvalue weighted by Crippen LogP contribution is 2.42. The first-order valence-electron chi connectivity index (χ1n) is 18.2. The molecule has 0 radical (unpaired) electrons. The summed E-state index contributed by atoms with van der Waals surface area (Å²) < 4.78 is 6.37. The maximum Gasteiger partial charge on any atom is 0.179 e. The predicted molar refractivity (Wildman–Crippen MR) is 227 cm³/mol. The van der Waals surface area contributed by atoms with Crippen LogP contribution in [-0.2, 0) is 0 Å². The standard InChI is InChI=1S/C50H35NOSi/c1-5-17-37(18-6-1)51(48-29-16-28-43-44(48)32-31-36-33-47-45-27-13-14-30-49(45)52-50(47)35-46(36)43)38-19-15-26-42(34-38)53(39-20-7-2-8-21-39,40-22-9-3-10-23-40)41-24-11-4-12-25-41/h1-35H. The van der Waals surface area contributed by atoms with Gasteiger partial charge in [-0.15, -0.1) is 0 Å². The van der Waals surface area contributed by atoms with Crippen molar-refractivity contribution in [2.75, 3.05) is 4.90 Å². The first-order valence-corrected chi connectivity index (χ1v) is 20.2. The molecule has 10 aromatic rings. The zero-order chi connectivity index (χ0) is 35.2. The smallest absolute Gasteiger partial charge is 0.179 e. The van der Waals surface area contributed by atoms with Crippen LogP contribution in [0.25, 0.3) is 43.5 Å². The molecule has 1 aromatic heterocycles. The van der Waals surface area contributed by atoms with Gasteiger partial charge in [0.05, 0.1) is 5.69 Å². The van der Waals surface area contributed by atoms with Crippen LogP contribution in [0, 0.1) is 0 Å². The zero-order valence-corrected chi connectivity index (χ0v) is 30.1. The number of anilines is 3. The van der Waals surface area contributed by atoms with Crippen molar-refractivity contribution in [2.45, 2.75) is 0 Å². The summed E-state index contributed by atoms with van der Waals surface area (Å²) in [5.41, 5.74) is 5.18. The second-order valence-corrected chi connectivity index (χ2v) is 17.5. The van der Waals surface area contributed by atoms with Gasteiger partial charge in [0.2, 0.25) is 0 Å². The van der Waals surface area contributed by atoms with Crippen LogP contribution >= 0.6 is 0 Å². The maximum absolute atomic E-state index is 6.37. The topological polar surface area (TPSA) is 16.4 Å². The fourth-order valence-corrected chi connectivity index (χ4v) is 13.2. The summed E-state index contributed by atoms with van der Waals surface area (Å²) in [4.78, 5) is 2.43. The van der Waals surface area contributed by atoms with Gasteiger partial charge < -0.3 is 9.32 Å². The van der Waals surface area contributed by atoms with Crippen molar-refractivity contribution in [3.05, 3.63) is 212 Å². The summed E-state index contributed by atoms with van der Waals surface area (Å²) in [6.45, 7) is 0. The van der Waals surface area contributed by atoms with Crippen molar-refractivity contribution < 1.29 is 4.42 Å². The van der Waals surface area contributed by atoms with Crippen LogP contribution in [0.4, 0.5) is 17.1 Å². The Hall–Kier alpha value is -6.68. The van der Waals surface area contributed by atoms with Crippen molar-refractivity contribution in [2.24, 2.45) is 0 Å². The third-order valence-electron chi connectivity index (χ3n) is 10.8. The Kier molecular flexibility index (Phi) is 7.52. The zero-order valence-electron chi connectivity index (χ0n) is 29.1. The fourth-order valence-electron chi connectivity index (χ4n) is 8.44. The molecule has 0 bridgehead atoms. The molecule has 0 unspecified atom stereocenters. The van der Waals surface area contributed by atoms with Crippen LogP contribution in [0.3, 0.4) is 0 Å². The number of benzene rings is 9. The van der Waals surface area contributed by atoms with Crippen molar-refractivity contribution in [1.29, 1.82) is 0 Å². The summed E-state index contributed by atoms with van der Waals surface area (Å²) in [6.07, 6.45) is 0. The number of hydrogen-bond acceptors (Lipinski definition) is 2. The molecule has 0 aliphatic rings. The first-order chi connectivity index (χ1) is 26.3. The molecular formula is C50H35NOSi. The molecule has 1 heterocycles. The lowest BCUT2D eigenvalue weighted by atomic mass is 9.98. The first kappa shape index (κ1) is 31.1. The van der Waals surface area contributed by atoms with E-state index in [1.807, 2.05) is 12.1 Å². The van der Waals surface area contributed by atoms with Crippen LogP contribution in [0.2, 0.25) is 0 Å². The summed E-state index contributed by atoms with van der Waals surface area (Å²) in [6, 6.07) is 77.5. The van der Waals surface area contributed by atoms with Gasteiger partial charge in [-0.3, -0.25) is 0 Å². The Morgan fingerprint density at radius 3 is 1.55 bits per heavy atom. The van der Waals surface area contributed by atoms with Crippen LogP contribution in [0.5, 0.6) is 0 Å². The lowest BCUT2D eigenvalue weighted by Gasteiger charge is -2.35. The van der Waals surface area contributed by atoms with E-state index in [2.05, 4.69) is 205 Å². The third-order valence-corrected chi connectivity index (χ3v) is 15.5. The lowest BCUT2D eigenvalue weighted by molar-refractivity contribution is 0.669. The number of nitrogens with zero attached hydrogens (tertiary/aromatic N) is 1. The van der Waals surface area contributed by atoms with Crippen molar-refractivity contribution in [1.82, 2.24) is 0 Å². The van der Waals surface area contributed by atoms with Gasteiger partial charge >= 0.3 is 0 Å². The van der Waals surface area contributed by atoms with Crippen molar-refractivity contribution in [3.63, 3.8) is 0 Å². The SMILES string of the molecule is c1ccc(N(c2cccc([Si](c3ccccc3)(c3ccccc3)c3ccccc3)c2)c2cccc3c2ccc2cc4c(cc23)oc2ccccc24)cc1. The molecule has 2 nitrogen and oxygen atoms in total. The van der Waals surface area contributed by atoms with Crippen LogP contribution < -0.4 is 25.6 Å². The van der Waals surface area contributed by atoms with Crippen molar-refractivity contribution in [3.8, 4) is 0 Å². The average Bonchev–Trinajstić information content (AvgIpc) is 3.60. The molecule has 0 N–H and O–H groups in total. The summed E-state index contributed by atoms with van der Waals surface area (Å²) in [7, 11) is -2.75. The van der Waals surface area contributed by atoms with Gasteiger partial charge in [0.1, 0.15) is 11.2 Å². The minimum absolute atomic E-state index is 0.910. The molecule has 3 heteroatoms. The molecule has 0 spiro atoms. The molecule has 0 aliphatic carbocycles. The quantitative estimate of drug-likeness (QED) is 0.0939. The van der Waals surface area contributed by atoms with E-state index in [0.29, 0.717) is 0 Å². The highest BCUT2D eigenvalue weighted by molar-refractivity contribution is 7.19. The van der Waals surface area contributed by atoms with E-state index in [1.54, 1.807) is 0 Å². The van der Waals surface area contributed by atoms with Crippen molar-refractivity contribution >= 4 is 89.4 Å². The molecule has 0 amide bonds. The third kappa shape index (κ3) is 5.08. The fraction of sp³-hybridized carbons (Fsp3) is 0. The second-order valence-electron chi connectivity index (χ2n) is 13.7. The molecule has 53 heavy (non-hydrogen) atoms. The van der Waals surface area contributed by atoms with Gasteiger partial charge in [0.25, 0.3) is 0 Å². The molecule has 10 rings (SSSR count). The normalized spacial score (nSPS) is 11.8. The minimum Gasteiger partial charge on any atom is -0.456 e. The largest absolute Gasteiger partial charge is 0.456 e. The highest BCUT2D eigenvalue weighted by Gasteiger charge is 2.41. The number of rotatable bonds is 7. The Morgan fingerprint density at radius 1 is 0.321 bits per heavy atom. The van der Waals surface area contributed by atoms with Gasteiger partial charge in [-0.25, -0.2) is 0 Å². The average molecular weight is 694 g/mol. The van der Waals surface area contributed by atoms with E-state index in [0.717, 1.165) is 39.0 Å². The number of fused-ring (bicyclic) bond motifs is 6. The van der Waals surface area contributed by atoms with Crippen LogP contribution in [0.15, 0.2) is 217 Å². The Balaban J connectivity index is 1.22. The minimum atomic E-state index is -2.75. The summed E-state index contributed by atoms with van der Waals surface area (Å²) in [5.74, 6) is 0. The monoisotopic (exact) mass is 693 g/mol. The van der Waals surface area contributed by atoms with E-state index >= 15 is 0 Å². The van der Waals surface area contributed by atoms with Gasteiger partial charge in [0, 0.05) is 27.5 Å². The molecule has 250 valence electrons. The van der Waals surface area contributed by atoms with E-state index in [-0.39, 0.29) is 0 Å². The number of hydrogen-bond donors (Lipinski definition) is 0. The summed E-state index contributed by atoms with van der Waals surface area (Å²) >= 11 is 0. The number of para-hydroxylation sites is 2. The van der Waals surface area contributed by atoms with E-state index in [9.17, 15) is 0 Å². The lowest BCUT2D eigenvalue weighted by Crippen LogP contribution is -2.74. The molecule has 0 saturated heterocycles. The Morgan fingerprint density at radius 2 is 0.868 bits per heavy atom. The van der Waals surface area contributed by atoms with Crippen LogP contribution in [0.1, 0.15) is 0 Å². The highest BCUT2D eigenvalue weighted by atomic mass is 28.3. The number of furan rings is 1. The molecule has 0 aliphatic heterocycles. The second kappa shape index (κ2) is 12.8. The van der Waals surface area contributed by atoms with Gasteiger partial charge in [0.15, 0.2) is 8.07 Å². The van der Waals surface area contributed by atoms with E-state index in [1.165, 1.54) is 42.3 Å². The van der Waals surface area contributed by atoms with Crippen LogP contribution in [-0.4, -0.2) is 8.07 Å². The molecule has 0 saturated carbocycles. The summed E-state index contributed by atoms with van der Waals surface area (Å²) in [5, 5.41) is 12.5. The molecule has 9 aromatic carbocycles. The Labute approximate surface area is 309 Å². The maximum atomic E-state index is 6.37. The molecule has 0 atom stereocenters. The Bertz CT molecular complexity index is 2790. The molecule has 0 fully saturated rings. The predicted octanol–water partition coefficient (Wildman–Crippen LogP) is 10.7. The van der Waals surface area contributed by atoms with Gasteiger partial charge in [-0.2, -0.15) is 0 Å².